The SMILES string of the molecule is C[C@H](NCCOC(C)(C)C)C1CCCCCC1. The van der Waals surface area contributed by atoms with Gasteiger partial charge < -0.3 is 10.1 Å². The van der Waals surface area contributed by atoms with Crippen LogP contribution in [0.4, 0.5) is 0 Å². The largest absolute Gasteiger partial charge is 0.375 e. The maximum Gasteiger partial charge on any atom is 0.0599 e. The third-order valence-corrected chi connectivity index (χ3v) is 3.71. The van der Waals surface area contributed by atoms with E-state index in [4.69, 9.17) is 4.74 Å². The Morgan fingerprint density at radius 2 is 1.71 bits per heavy atom. The Hall–Kier alpha value is -0.0800. The first-order chi connectivity index (χ1) is 7.99. The lowest BCUT2D eigenvalue weighted by Crippen LogP contribution is -2.36. The van der Waals surface area contributed by atoms with Crippen LogP contribution in [0.5, 0.6) is 0 Å². The molecule has 2 heteroatoms. The summed E-state index contributed by atoms with van der Waals surface area (Å²) in [5, 5.41) is 3.63. The van der Waals surface area contributed by atoms with Crippen molar-refractivity contribution in [2.24, 2.45) is 5.92 Å². The minimum atomic E-state index is -0.00671. The van der Waals surface area contributed by atoms with Crippen LogP contribution >= 0.6 is 0 Å². The summed E-state index contributed by atoms with van der Waals surface area (Å²) in [6.45, 7) is 10.5. The van der Waals surface area contributed by atoms with Gasteiger partial charge in [0.05, 0.1) is 12.2 Å². The number of hydrogen-bond donors (Lipinski definition) is 1. The number of nitrogens with one attached hydrogen (secondary N) is 1. The highest BCUT2D eigenvalue weighted by molar-refractivity contribution is 4.75. The summed E-state index contributed by atoms with van der Waals surface area (Å²) in [6, 6.07) is 0.650. The molecule has 0 unspecified atom stereocenters. The van der Waals surface area contributed by atoms with E-state index in [1.54, 1.807) is 0 Å². The standard InChI is InChI=1S/C15H31NO/c1-13(14-9-7-5-6-8-10-14)16-11-12-17-15(2,3)4/h13-14,16H,5-12H2,1-4H3/t13-/m0/s1. The first-order valence-electron chi connectivity index (χ1n) is 7.36. The highest BCUT2D eigenvalue weighted by Crippen LogP contribution is 2.25. The van der Waals surface area contributed by atoms with Gasteiger partial charge in [-0.1, -0.05) is 25.7 Å². The molecule has 0 heterocycles. The van der Waals surface area contributed by atoms with Crippen molar-refractivity contribution >= 4 is 0 Å². The average molecular weight is 241 g/mol. The lowest BCUT2D eigenvalue weighted by molar-refractivity contribution is -0.00208. The molecule has 0 aliphatic heterocycles. The molecule has 1 atom stereocenters. The summed E-state index contributed by atoms with van der Waals surface area (Å²) in [6.07, 6.45) is 8.56. The zero-order valence-corrected chi connectivity index (χ0v) is 12.2. The molecule has 0 amide bonds. The normalized spacial score (nSPS) is 21.2. The Morgan fingerprint density at radius 1 is 1.12 bits per heavy atom. The third kappa shape index (κ3) is 7.05. The highest BCUT2D eigenvalue weighted by atomic mass is 16.5. The molecule has 2 nitrogen and oxygen atoms in total. The summed E-state index contributed by atoms with van der Waals surface area (Å²) in [4.78, 5) is 0. The molecule has 0 spiro atoms. The molecule has 17 heavy (non-hydrogen) atoms. The molecule has 1 N–H and O–H groups in total. The van der Waals surface area contributed by atoms with Crippen molar-refractivity contribution in [3.63, 3.8) is 0 Å². The fourth-order valence-corrected chi connectivity index (χ4v) is 2.62. The molecule has 0 aromatic carbocycles. The summed E-state index contributed by atoms with van der Waals surface area (Å²) in [5.41, 5.74) is -0.00671. The van der Waals surface area contributed by atoms with Gasteiger partial charge in [0.15, 0.2) is 0 Å². The van der Waals surface area contributed by atoms with Crippen LogP contribution in [-0.2, 0) is 4.74 Å². The van der Waals surface area contributed by atoms with Crippen molar-refractivity contribution in [2.75, 3.05) is 13.2 Å². The van der Waals surface area contributed by atoms with Gasteiger partial charge in [-0.05, 0) is 46.5 Å². The molecule has 0 saturated heterocycles. The molecule has 0 radical (unpaired) electrons. The fourth-order valence-electron chi connectivity index (χ4n) is 2.62. The second kappa shape index (κ2) is 7.38. The number of rotatable bonds is 5. The van der Waals surface area contributed by atoms with E-state index in [9.17, 15) is 0 Å². The van der Waals surface area contributed by atoms with E-state index < -0.39 is 0 Å². The Balaban J connectivity index is 2.13. The van der Waals surface area contributed by atoms with Gasteiger partial charge >= 0.3 is 0 Å². The van der Waals surface area contributed by atoms with Gasteiger partial charge in [0.25, 0.3) is 0 Å². The molecule has 1 saturated carbocycles. The zero-order chi connectivity index (χ0) is 12.7. The predicted molar refractivity (Wildman–Crippen MR) is 74.4 cm³/mol. The van der Waals surface area contributed by atoms with Gasteiger partial charge in [-0.2, -0.15) is 0 Å². The monoisotopic (exact) mass is 241 g/mol. The summed E-state index contributed by atoms with van der Waals surface area (Å²) >= 11 is 0. The van der Waals surface area contributed by atoms with Crippen LogP contribution in [0.2, 0.25) is 0 Å². The predicted octanol–water partition coefficient (Wildman–Crippen LogP) is 3.75. The maximum atomic E-state index is 5.73. The Labute approximate surface area is 108 Å². The zero-order valence-electron chi connectivity index (χ0n) is 12.2. The minimum Gasteiger partial charge on any atom is -0.375 e. The topological polar surface area (TPSA) is 21.3 Å². The molecule has 1 fully saturated rings. The fraction of sp³-hybridized carbons (Fsp3) is 1.00. The Morgan fingerprint density at radius 3 is 2.24 bits per heavy atom. The van der Waals surface area contributed by atoms with E-state index >= 15 is 0 Å². The average Bonchev–Trinajstić information content (AvgIpc) is 2.51. The van der Waals surface area contributed by atoms with Crippen LogP contribution in [0.1, 0.15) is 66.2 Å². The van der Waals surface area contributed by atoms with E-state index in [-0.39, 0.29) is 5.60 Å². The Bertz CT molecular complexity index is 190. The van der Waals surface area contributed by atoms with Crippen LogP contribution < -0.4 is 5.32 Å². The summed E-state index contributed by atoms with van der Waals surface area (Å²) in [5.74, 6) is 0.882. The van der Waals surface area contributed by atoms with Gasteiger partial charge in [0, 0.05) is 12.6 Å². The maximum absolute atomic E-state index is 5.73. The van der Waals surface area contributed by atoms with Crippen LogP contribution in [0.3, 0.4) is 0 Å². The minimum absolute atomic E-state index is 0.00671. The van der Waals surface area contributed by atoms with Gasteiger partial charge in [0.2, 0.25) is 0 Å². The first-order valence-corrected chi connectivity index (χ1v) is 7.36. The van der Waals surface area contributed by atoms with Crippen LogP contribution in [0, 0.1) is 5.92 Å². The van der Waals surface area contributed by atoms with Crippen molar-refractivity contribution in [1.82, 2.24) is 5.32 Å². The molecule has 1 aliphatic rings. The second-order valence-electron chi connectivity index (χ2n) is 6.46. The van der Waals surface area contributed by atoms with E-state index in [0.717, 1.165) is 19.1 Å². The van der Waals surface area contributed by atoms with Crippen LogP contribution in [-0.4, -0.2) is 24.8 Å². The molecule has 0 aromatic heterocycles. The van der Waals surface area contributed by atoms with Crippen molar-refractivity contribution in [3.8, 4) is 0 Å². The summed E-state index contributed by atoms with van der Waals surface area (Å²) < 4.78 is 5.73. The van der Waals surface area contributed by atoms with E-state index in [1.165, 1.54) is 38.5 Å². The van der Waals surface area contributed by atoms with Gasteiger partial charge in [-0.15, -0.1) is 0 Å². The van der Waals surface area contributed by atoms with Crippen molar-refractivity contribution < 1.29 is 4.74 Å². The van der Waals surface area contributed by atoms with Crippen molar-refractivity contribution in [2.45, 2.75) is 77.9 Å². The molecule has 102 valence electrons. The molecule has 0 bridgehead atoms. The van der Waals surface area contributed by atoms with Gasteiger partial charge in [0.1, 0.15) is 0 Å². The van der Waals surface area contributed by atoms with Crippen molar-refractivity contribution in [3.05, 3.63) is 0 Å². The van der Waals surface area contributed by atoms with Crippen molar-refractivity contribution in [1.29, 1.82) is 0 Å². The van der Waals surface area contributed by atoms with Crippen LogP contribution in [0.25, 0.3) is 0 Å². The lowest BCUT2D eigenvalue weighted by Gasteiger charge is -2.25. The molecule has 0 aromatic rings. The smallest absolute Gasteiger partial charge is 0.0599 e. The first kappa shape index (κ1) is 15.0. The Kier molecular flexibility index (Phi) is 6.50. The quantitative estimate of drug-likeness (QED) is 0.584. The van der Waals surface area contributed by atoms with E-state index in [2.05, 4.69) is 33.0 Å². The van der Waals surface area contributed by atoms with E-state index in [1.807, 2.05) is 0 Å². The van der Waals surface area contributed by atoms with E-state index in [0.29, 0.717) is 6.04 Å². The number of hydrogen-bond acceptors (Lipinski definition) is 2. The summed E-state index contributed by atoms with van der Waals surface area (Å²) in [7, 11) is 0. The van der Waals surface area contributed by atoms with Gasteiger partial charge in [-0.25, -0.2) is 0 Å². The number of ether oxygens (including phenoxy) is 1. The second-order valence-corrected chi connectivity index (χ2v) is 6.46. The highest BCUT2D eigenvalue weighted by Gasteiger charge is 2.18. The molecular formula is C15H31NO. The lowest BCUT2D eigenvalue weighted by atomic mass is 9.93. The molecule has 1 aliphatic carbocycles. The molecule has 1 rings (SSSR count). The molecular weight excluding hydrogens is 210 g/mol. The van der Waals surface area contributed by atoms with Crippen LogP contribution in [0.15, 0.2) is 0 Å². The van der Waals surface area contributed by atoms with Gasteiger partial charge in [-0.3, -0.25) is 0 Å². The third-order valence-electron chi connectivity index (χ3n) is 3.71.